The Balaban J connectivity index is 1.56. The van der Waals surface area contributed by atoms with Crippen molar-refractivity contribution in [2.45, 2.75) is 18.6 Å². The van der Waals surface area contributed by atoms with Gasteiger partial charge in [-0.2, -0.15) is 11.8 Å². The zero-order chi connectivity index (χ0) is 17.2. The molecule has 1 aliphatic heterocycles. The molecule has 1 aromatic carbocycles. The van der Waals surface area contributed by atoms with Gasteiger partial charge in [-0.25, -0.2) is 4.98 Å². The van der Waals surface area contributed by atoms with E-state index in [4.69, 9.17) is 0 Å². The summed E-state index contributed by atoms with van der Waals surface area (Å²) in [5, 5.41) is 0.460. The molecule has 4 rings (SSSR count). The first-order valence-electron chi connectivity index (χ1n) is 8.63. The molecule has 1 aliphatic rings. The van der Waals surface area contributed by atoms with Gasteiger partial charge in [0.05, 0.1) is 5.69 Å². The summed E-state index contributed by atoms with van der Waals surface area (Å²) in [5.74, 6) is 1.05. The van der Waals surface area contributed by atoms with Gasteiger partial charge in [0.25, 0.3) is 5.91 Å². The molecule has 0 aliphatic carbocycles. The summed E-state index contributed by atoms with van der Waals surface area (Å²) in [5.41, 5.74) is 3.67. The van der Waals surface area contributed by atoms with Crippen LogP contribution < -0.4 is 0 Å². The van der Waals surface area contributed by atoms with Crippen LogP contribution in [0.25, 0.3) is 5.65 Å². The zero-order valence-electron chi connectivity index (χ0n) is 14.3. The second kappa shape index (κ2) is 6.92. The predicted octanol–water partition coefficient (Wildman–Crippen LogP) is 3.96. The van der Waals surface area contributed by atoms with E-state index in [-0.39, 0.29) is 5.91 Å². The van der Waals surface area contributed by atoms with Crippen LogP contribution in [0.4, 0.5) is 0 Å². The molecule has 1 fully saturated rings. The van der Waals surface area contributed by atoms with E-state index in [1.54, 1.807) is 0 Å². The molecule has 0 N–H and O–H groups in total. The van der Waals surface area contributed by atoms with Crippen molar-refractivity contribution >= 4 is 23.3 Å². The van der Waals surface area contributed by atoms with Crippen LogP contribution in [0, 0.1) is 6.92 Å². The number of rotatable bonds is 2. The Morgan fingerprint density at radius 3 is 2.76 bits per heavy atom. The van der Waals surface area contributed by atoms with Crippen molar-refractivity contribution in [2.75, 3.05) is 18.8 Å². The standard InChI is InChI=1S/C20H21N3OS/c1-15-19(23-11-6-5-9-18(23)21-15)20(24)22-12-10-17(25-14-13-22)16-7-3-2-4-8-16/h2-9,11,17H,10,12-14H2,1H3. The van der Waals surface area contributed by atoms with Crippen molar-refractivity contribution in [3.63, 3.8) is 0 Å². The molecule has 4 nitrogen and oxygen atoms in total. The van der Waals surface area contributed by atoms with Crippen molar-refractivity contribution in [3.8, 4) is 0 Å². The summed E-state index contributed by atoms with van der Waals surface area (Å²) in [7, 11) is 0. The van der Waals surface area contributed by atoms with Gasteiger partial charge in [0.1, 0.15) is 11.3 Å². The van der Waals surface area contributed by atoms with Crippen molar-refractivity contribution < 1.29 is 4.79 Å². The molecule has 25 heavy (non-hydrogen) atoms. The number of pyridine rings is 1. The van der Waals surface area contributed by atoms with Gasteiger partial charge < -0.3 is 4.90 Å². The molecular formula is C20H21N3OS. The van der Waals surface area contributed by atoms with Gasteiger partial charge in [-0.1, -0.05) is 36.4 Å². The molecule has 3 heterocycles. The summed E-state index contributed by atoms with van der Waals surface area (Å²) in [6.07, 6.45) is 2.90. The number of carbonyl (C=O) groups excluding carboxylic acids is 1. The lowest BCUT2D eigenvalue weighted by Crippen LogP contribution is -2.34. The third-order valence-electron chi connectivity index (χ3n) is 4.71. The lowest BCUT2D eigenvalue weighted by atomic mass is 10.1. The van der Waals surface area contributed by atoms with Crippen LogP contribution in [-0.2, 0) is 0 Å². The van der Waals surface area contributed by atoms with Crippen LogP contribution in [0.5, 0.6) is 0 Å². The van der Waals surface area contributed by atoms with E-state index in [2.05, 4.69) is 29.2 Å². The second-order valence-electron chi connectivity index (χ2n) is 6.33. The number of nitrogens with zero attached hydrogens (tertiary/aromatic N) is 3. The number of hydrogen-bond acceptors (Lipinski definition) is 3. The Bertz CT molecular complexity index is 890. The maximum atomic E-state index is 13.1. The Kier molecular flexibility index (Phi) is 4.49. The van der Waals surface area contributed by atoms with Gasteiger partial charge in [0.2, 0.25) is 0 Å². The van der Waals surface area contributed by atoms with Crippen molar-refractivity contribution in [3.05, 3.63) is 71.7 Å². The molecule has 1 saturated heterocycles. The fourth-order valence-corrected chi connectivity index (χ4v) is 4.66. The number of fused-ring (bicyclic) bond motifs is 1. The fourth-order valence-electron chi connectivity index (χ4n) is 3.43. The van der Waals surface area contributed by atoms with Crippen LogP contribution in [0.1, 0.15) is 33.4 Å². The van der Waals surface area contributed by atoms with E-state index in [1.165, 1.54) is 5.56 Å². The van der Waals surface area contributed by atoms with E-state index >= 15 is 0 Å². The first-order valence-corrected chi connectivity index (χ1v) is 9.68. The fraction of sp³-hybridized carbons (Fsp3) is 0.300. The topological polar surface area (TPSA) is 37.6 Å². The molecular weight excluding hydrogens is 330 g/mol. The lowest BCUT2D eigenvalue weighted by Gasteiger charge is -2.20. The van der Waals surface area contributed by atoms with E-state index in [1.807, 2.05) is 58.4 Å². The van der Waals surface area contributed by atoms with Crippen molar-refractivity contribution in [2.24, 2.45) is 0 Å². The highest BCUT2D eigenvalue weighted by molar-refractivity contribution is 7.99. The van der Waals surface area contributed by atoms with Gasteiger partial charge in [-0.3, -0.25) is 9.20 Å². The monoisotopic (exact) mass is 351 g/mol. The smallest absolute Gasteiger partial charge is 0.272 e. The lowest BCUT2D eigenvalue weighted by molar-refractivity contribution is 0.0759. The SMILES string of the molecule is Cc1nc2ccccn2c1C(=O)N1CCSC(c2ccccc2)CC1. The van der Waals surface area contributed by atoms with Gasteiger partial charge >= 0.3 is 0 Å². The van der Waals surface area contributed by atoms with E-state index in [0.717, 1.165) is 36.6 Å². The molecule has 0 saturated carbocycles. The minimum atomic E-state index is 0.0884. The molecule has 0 radical (unpaired) electrons. The molecule has 1 atom stereocenters. The number of hydrogen-bond donors (Lipinski definition) is 0. The number of carbonyl (C=O) groups is 1. The largest absolute Gasteiger partial charge is 0.336 e. The van der Waals surface area contributed by atoms with Crippen LogP contribution in [-0.4, -0.2) is 39.0 Å². The highest BCUT2D eigenvalue weighted by Crippen LogP contribution is 2.34. The Morgan fingerprint density at radius 2 is 1.92 bits per heavy atom. The summed E-state index contributed by atoms with van der Waals surface area (Å²) in [6, 6.07) is 16.4. The molecule has 0 bridgehead atoms. The van der Waals surface area contributed by atoms with Gasteiger partial charge in [-0.15, -0.1) is 0 Å². The van der Waals surface area contributed by atoms with Crippen LogP contribution >= 0.6 is 11.8 Å². The van der Waals surface area contributed by atoms with Crippen molar-refractivity contribution in [1.29, 1.82) is 0 Å². The highest BCUT2D eigenvalue weighted by Gasteiger charge is 2.26. The van der Waals surface area contributed by atoms with E-state index < -0.39 is 0 Å². The quantitative estimate of drug-likeness (QED) is 0.701. The van der Waals surface area contributed by atoms with Gasteiger partial charge in [-0.05, 0) is 31.0 Å². The number of aryl methyl sites for hydroxylation is 1. The van der Waals surface area contributed by atoms with E-state index in [9.17, 15) is 4.79 Å². The zero-order valence-corrected chi connectivity index (χ0v) is 15.1. The summed E-state index contributed by atoms with van der Waals surface area (Å²) < 4.78 is 1.91. The van der Waals surface area contributed by atoms with Crippen LogP contribution in [0.15, 0.2) is 54.7 Å². The summed E-state index contributed by atoms with van der Waals surface area (Å²) in [6.45, 7) is 3.48. The maximum absolute atomic E-state index is 13.1. The Labute approximate surface area is 151 Å². The second-order valence-corrected chi connectivity index (χ2v) is 7.64. The normalized spacial score (nSPS) is 18.3. The summed E-state index contributed by atoms with van der Waals surface area (Å²) in [4.78, 5) is 19.7. The molecule has 128 valence electrons. The van der Waals surface area contributed by atoms with Crippen molar-refractivity contribution in [1.82, 2.24) is 14.3 Å². The van der Waals surface area contributed by atoms with E-state index in [0.29, 0.717) is 10.9 Å². The molecule has 3 aromatic rings. The van der Waals surface area contributed by atoms with Crippen LogP contribution in [0.3, 0.4) is 0 Å². The Hall–Kier alpha value is -2.27. The molecule has 5 heteroatoms. The predicted molar refractivity (Wildman–Crippen MR) is 102 cm³/mol. The minimum Gasteiger partial charge on any atom is -0.336 e. The minimum absolute atomic E-state index is 0.0884. The number of aromatic nitrogens is 2. The summed E-state index contributed by atoms with van der Waals surface area (Å²) >= 11 is 1.95. The third-order valence-corrected chi connectivity index (χ3v) is 6.04. The molecule has 1 amide bonds. The molecule has 0 spiro atoms. The maximum Gasteiger partial charge on any atom is 0.272 e. The number of imidazole rings is 1. The third kappa shape index (κ3) is 3.16. The number of benzene rings is 1. The highest BCUT2D eigenvalue weighted by atomic mass is 32.2. The average molecular weight is 351 g/mol. The van der Waals surface area contributed by atoms with Gasteiger partial charge in [0, 0.05) is 30.3 Å². The molecule has 2 aromatic heterocycles. The number of thioether (sulfide) groups is 1. The Morgan fingerprint density at radius 1 is 1.12 bits per heavy atom. The first kappa shape index (κ1) is 16.2. The average Bonchev–Trinajstić information content (AvgIpc) is 2.82. The number of amides is 1. The first-order chi connectivity index (χ1) is 12.2. The van der Waals surface area contributed by atoms with Gasteiger partial charge in [0.15, 0.2) is 0 Å². The molecule has 1 unspecified atom stereocenters. The van der Waals surface area contributed by atoms with Crippen LogP contribution in [0.2, 0.25) is 0 Å².